The van der Waals surface area contributed by atoms with Gasteiger partial charge in [-0.3, -0.25) is 24.0 Å². The number of likely N-dealkylation sites (tertiary alicyclic amines) is 1. The predicted octanol–water partition coefficient (Wildman–Crippen LogP) is 0.545. The largest absolute Gasteiger partial charge is 0.370 e. The number of primary amides is 1. The standard InChI is InChI=1S/C24H31N5O5/c1-14(30)21-8-5-11-29(21)24(34)19(9-10-22(25)32)28-23(33)20(27-15(2)31)12-16-13-26-18-7-4-3-6-17(16)18/h3-4,6-7,13,19-21,26H,5,8-12H2,1-2H3,(H2,25,32)(H,27,31)(H,28,33)/t19-,20-,21-/m0/s1. The number of para-hydroxylation sites is 1. The SMILES string of the molecule is CC(=O)N[C@@H](Cc1c[nH]c2ccccc12)C(=O)N[C@@H](CCC(N)=O)C(=O)N1CCC[C@H]1C(C)=O. The van der Waals surface area contributed by atoms with Crippen molar-refractivity contribution in [1.82, 2.24) is 20.5 Å². The van der Waals surface area contributed by atoms with Gasteiger partial charge in [0.1, 0.15) is 12.1 Å². The minimum Gasteiger partial charge on any atom is -0.370 e. The lowest BCUT2D eigenvalue weighted by Crippen LogP contribution is -2.56. The smallest absolute Gasteiger partial charge is 0.245 e. The van der Waals surface area contributed by atoms with Crippen LogP contribution in [-0.4, -0.2) is 64.0 Å². The first-order valence-electron chi connectivity index (χ1n) is 11.4. The van der Waals surface area contributed by atoms with E-state index in [1.165, 1.54) is 18.7 Å². The fourth-order valence-corrected chi connectivity index (χ4v) is 4.44. The van der Waals surface area contributed by atoms with E-state index in [4.69, 9.17) is 5.73 Å². The molecule has 182 valence electrons. The Bertz CT molecular complexity index is 1090. The molecule has 1 aliphatic heterocycles. The molecule has 0 bridgehead atoms. The normalized spacial score (nSPS) is 17.2. The topological polar surface area (TPSA) is 154 Å². The summed E-state index contributed by atoms with van der Waals surface area (Å²) in [6.07, 6.45) is 3.12. The molecule has 1 aliphatic rings. The summed E-state index contributed by atoms with van der Waals surface area (Å²) in [6.45, 7) is 3.14. The van der Waals surface area contributed by atoms with Crippen LogP contribution in [0, 0.1) is 0 Å². The van der Waals surface area contributed by atoms with Crippen molar-refractivity contribution >= 4 is 40.3 Å². The minimum atomic E-state index is -1.04. The lowest BCUT2D eigenvalue weighted by atomic mass is 10.0. The summed E-state index contributed by atoms with van der Waals surface area (Å²) in [6, 6.07) is 5.07. The van der Waals surface area contributed by atoms with Crippen molar-refractivity contribution in [2.75, 3.05) is 6.54 Å². The van der Waals surface area contributed by atoms with Gasteiger partial charge in [-0.1, -0.05) is 18.2 Å². The highest BCUT2D eigenvalue weighted by Crippen LogP contribution is 2.21. The Morgan fingerprint density at radius 1 is 1.12 bits per heavy atom. The molecule has 10 nitrogen and oxygen atoms in total. The molecule has 34 heavy (non-hydrogen) atoms. The van der Waals surface area contributed by atoms with Crippen molar-refractivity contribution in [2.24, 2.45) is 5.73 Å². The number of aromatic amines is 1. The number of hydrogen-bond donors (Lipinski definition) is 4. The molecule has 2 heterocycles. The molecule has 3 atom stereocenters. The Kier molecular flexibility index (Phi) is 8.04. The highest BCUT2D eigenvalue weighted by atomic mass is 16.2. The van der Waals surface area contributed by atoms with Gasteiger partial charge in [-0.05, 0) is 37.8 Å². The summed E-state index contributed by atoms with van der Waals surface area (Å²) in [5.41, 5.74) is 7.01. The van der Waals surface area contributed by atoms with Crippen LogP contribution in [-0.2, 0) is 30.4 Å². The van der Waals surface area contributed by atoms with Crippen LogP contribution >= 0.6 is 0 Å². The van der Waals surface area contributed by atoms with Crippen LogP contribution in [0.3, 0.4) is 0 Å². The number of benzene rings is 1. The third kappa shape index (κ3) is 6.00. The van der Waals surface area contributed by atoms with Crippen molar-refractivity contribution in [3.63, 3.8) is 0 Å². The zero-order chi connectivity index (χ0) is 24.8. The van der Waals surface area contributed by atoms with Crippen molar-refractivity contribution < 1.29 is 24.0 Å². The Balaban J connectivity index is 1.80. The third-order valence-corrected chi connectivity index (χ3v) is 6.09. The van der Waals surface area contributed by atoms with Crippen molar-refractivity contribution in [1.29, 1.82) is 0 Å². The molecule has 1 aromatic carbocycles. The maximum atomic E-state index is 13.3. The summed E-state index contributed by atoms with van der Waals surface area (Å²) in [5, 5.41) is 6.28. The van der Waals surface area contributed by atoms with Gasteiger partial charge in [0.25, 0.3) is 0 Å². The van der Waals surface area contributed by atoms with Crippen molar-refractivity contribution in [2.45, 2.75) is 64.1 Å². The van der Waals surface area contributed by atoms with Gasteiger partial charge >= 0.3 is 0 Å². The van der Waals surface area contributed by atoms with Gasteiger partial charge in [0, 0.05) is 43.4 Å². The number of aromatic nitrogens is 1. The number of nitrogens with one attached hydrogen (secondary N) is 3. The first kappa shape index (κ1) is 24.9. The maximum Gasteiger partial charge on any atom is 0.245 e. The first-order valence-corrected chi connectivity index (χ1v) is 11.4. The van der Waals surface area contributed by atoms with Gasteiger partial charge in [-0.2, -0.15) is 0 Å². The molecule has 0 unspecified atom stereocenters. The number of nitrogens with zero attached hydrogens (tertiary/aromatic N) is 1. The Morgan fingerprint density at radius 3 is 2.53 bits per heavy atom. The summed E-state index contributed by atoms with van der Waals surface area (Å²) < 4.78 is 0. The quantitative estimate of drug-likeness (QED) is 0.400. The van der Waals surface area contributed by atoms with Gasteiger partial charge in [0.15, 0.2) is 5.78 Å². The van der Waals surface area contributed by atoms with Crippen LogP contribution in [0.2, 0.25) is 0 Å². The molecular weight excluding hydrogens is 438 g/mol. The number of ketones is 1. The second-order valence-electron chi connectivity index (χ2n) is 8.68. The van der Waals surface area contributed by atoms with Gasteiger partial charge in [-0.25, -0.2) is 0 Å². The van der Waals surface area contributed by atoms with Crippen molar-refractivity contribution in [3.8, 4) is 0 Å². The Labute approximate surface area is 197 Å². The second-order valence-corrected chi connectivity index (χ2v) is 8.68. The van der Waals surface area contributed by atoms with E-state index in [9.17, 15) is 24.0 Å². The summed E-state index contributed by atoms with van der Waals surface area (Å²) in [5.74, 6) is -2.10. The molecule has 10 heteroatoms. The van der Waals surface area contributed by atoms with E-state index in [0.29, 0.717) is 19.4 Å². The molecule has 1 fully saturated rings. The highest BCUT2D eigenvalue weighted by Gasteiger charge is 2.37. The van der Waals surface area contributed by atoms with Crippen LogP contribution in [0.25, 0.3) is 10.9 Å². The number of H-pyrrole nitrogens is 1. The number of fused-ring (bicyclic) bond motifs is 1. The van der Waals surface area contributed by atoms with Gasteiger partial charge in [-0.15, -0.1) is 0 Å². The molecule has 0 spiro atoms. The van der Waals surface area contributed by atoms with Crippen LogP contribution in [0.15, 0.2) is 30.5 Å². The number of rotatable bonds is 10. The molecular formula is C24H31N5O5. The highest BCUT2D eigenvalue weighted by molar-refractivity contribution is 5.95. The number of hydrogen-bond acceptors (Lipinski definition) is 5. The number of amides is 4. The van der Waals surface area contributed by atoms with Crippen LogP contribution in [0.1, 0.15) is 45.1 Å². The van der Waals surface area contributed by atoms with Gasteiger partial charge in [0.05, 0.1) is 6.04 Å². The third-order valence-electron chi connectivity index (χ3n) is 6.09. The summed E-state index contributed by atoms with van der Waals surface area (Å²) >= 11 is 0. The van der Waals surface area contributed by atoms with Crippen LogP contribution in [0.4, 0.5) is 0 Å². The molecule has 2 aromatic rings. The number of carbonyl (C=O) groups is 5. The van der Waals surface area contributed by atoms with Crippen molar-refractivity contribution in [3.05, 3.63) is 36.0 Å². The van der Waals surface area contributed by atoms with E-state index < -0.39 is 41.8 Å². The van der Waals surface area contributed by atoms with Crippen LogP contribution < -0.4 is 16.4 Å². The number of nitrogens with two attached hydrogens (primary N) is 1. The lowest BCUT2D eigenvalue weighted by Gasteiger charge is -2.29. The first-order chi connectivity index (χ1) is 16.2. The Morgan fingerprint density at radius 2 is 1.85 bits per heavy atom. The average molecular weight is 470 g/mol. The van der Waals surface area contributed by atoms with Gasteiger partial charge < -0.3 is 26.3 Å². The van der Waals surface area contributed by atoms with E-state index in [1.807, 2.05) is 24.3 Å². The molecule has 3 rings (SSSR count). The predicted molar refractivity (Wildman–Crippen MR) is 125 cm³/mol. The van der Waals surface area contributed by atoms with E-state index in [1.54, 1.807) is 6.20 Å². The lowest BCUT2D eigenvalue weighted by molar-refractivity contribution is -0.141. The van der Waals surface area contributed by atoms with E-state index in [-0.39, 0.29) is 25.0 Å². The average Bonchev–Trinajstić information content (AvgIpc) is 3.43. The van der Waals surface area contributed by atoms with E-state index >= 15 is 0 Å². The fraction of sp³-hybridized carbons (Fsp3) is 0.458. The molecule has 1 saturated heterocycles. The van der Waals surface area contributed by atoms with E-state index in [2.05, 4.69) is 15.6 Å². The molecule has 0 aliphatic carbocycles. The zero-order valence-corrected chi connectivity index (χ0v) is 19.4. The van der Waals surface area contributed by atoms with Crippen LogP contribution in [0.5, 0.6) is 0 Å². The van der Waals surface area contributed by atoms with Gasteiger partial charge in [0.2, 0.25) is 23.6 Å². The maximum absolute atomic E-state index is 13.3. The minimum absolute atomic E-state index is 0.000901. The molecule has 0 saturated carbocycles. The molecule has 1 aromatic heterocycles. The van der Waals surface area contributed by atoms with E-state index in [0.717, 1.165) is 16.5 Å². The fourth-order valence-electron chi connectivity index (χ4n) is 4.44. The Hall–Kier alpha value is -3.69. The summed E-state index contributed by atoms with van der Waals surface area (Å²) in [7, 11) is 0. The number of Topliss-reactive ketones (excluding diaryl/α,β-unsaturated/α-hetero) is 1. The molecule has 4 amide bonds. The number of carbonyl (C=O) groups excluding carboxylic acids is 5. The second kappa shape index (κ2) is 11.0. The monoisotopic (exact) mass is 469 g/mol. The zero-order valence-electron chi connectivity index (χ0n) is 19.4. The molecule has 0 radical (unpaired) electrons. The molecule has 5 N–H and O–H groups in total. The summed E-state index contributed by atoms with van der Waals surface area (Å²) in [4.78, 5) is 66.3.